The summed E-state index contributed by atoms with van der Waals surface area (Å²) in [6, 6.07) is 8.31. The number of nitrogens with one attached hydrogen (secondary N) is 1. The lowest BCUT2D eigenvalue weighted by Gasteiger charge is -2.34. The maximum Gasteiger partial charge on any atom is 0.231 e. The first kappa shape index (κ1) is 15.0. The number of benzene rings is 1. The van der Waals surface area contributed by atoms with Crippen molar-refractivity contribution in [3.63, 3.8) is 0 Å². The van der Waals surface area contributed by atoms with E-state index in [-0.39, 0.29) is 17.9 Å². The highest BCUT2D eigenvalue weighted by atomic mass is 16.5. The average Bonchev–Trinajstić information content (AvgIpc) is 2.47. The van der Waals surface area contributed by atoms with Gasteiger partial charge >= 0.3 is 0 Å². The lowest BCUT2D eigenvalue weighted by atomic mass is 9.89. The van der Waals surface area contributed by atoms with Crippen LogP contribution in [-0.4, -0.2) is 43.7 Å². The molecule has 0 aliphatic carbocycles. The minimum absolute atomic E-state index is 0.0841. The molecule has 0 spiro atoms. The largest absolute Gasteiger partial charge is 0.383 e. The third-order valence-electron chi connectivity index (χ3n) is 3.96. The summed E-state index contributed by atoms with van der Waals surface area (Å²) in [5, 5.41) is 3.34. The summed E-state index contributed by atoms with van der Waals surface area (Å²) < 4.78 is 5.18. The van der Waals surface area contributed by atoms with Gasteiger partial charge in [-0.25, -0.2) is 0 Å². The summed E-state index contributed by atoms with van der Waals surface area (Å²) in [6.45, 7) is 6.90. The number of carbonyl (C=O) groups is 1. The van der Waals surface area contributed by atoms with Crippen LogP contribution in [0.5, 0.6) is 0 Å². The molecule has 2 atom stereocenters. The van der Waals surface area contributed by atoms with Crippen LogP contribution >= 0.6 is 0 Å². The number of ether oxygens (including phenoxy) is 1. The summed E-state index contributed by atoms with van der Waals surface area (Å²) in [5.41, 5.74) is 2.40. The Bertz CT molecular complexity index is 462. The van der Waals surface area contributed by atoms with E-state index < -0.39 is 0 Å². The number of amides is 1. The minimum atomic E-state index is -0.0841. The zero-order valence-electron chi connectivity index (χ0n) is 12.6. The Morgan fingerprint density at radius 3 is 2.95 bits per heavy atom. The van der Waals surface area contributed by atoms with E-state index >= 15 is 0 Å². The van der Waals surface area contributed by atoms with Gasteiger partial charge in [0, 0.05) is 26.7 Å². The summed E-state index contributed by atoms with van der Waals surface area (Å²) in [7, 11) is 1.67. The maximum absolute atomic E-state index is 12.8. The number of rotatable bonds is 5. The van der Waals surface area contributed by atoms with Crippen molar-refractivity contribution in [2.75, 3.05) is 26.8 Å². The quantitative estimate of drug-likeness (QED) is 0.891. The van der Waals surface area contributed by atoms with E-state index in [4.69, 9.17) is 4.74 Å². The minimum Gasteiger partial charge on any atom is -0.383 e. The van der Waals surface area contributed by atoms with E-state index in [0.29, 0.717) is 19.7 Å². The van der Waals surface area contributed by atoms with Gasteiger partial charge in [0.15, 0.2) is 0 Å². The first-order valence-corrected chi connectivity index (χ1v) is 7.27. The van der Waals surface area contributed by atoms with Gasteiger partial charge in [-0.15, -0.1) is 0 Å². The van der Waals surface area contributed by atoms with Gasteiger partial charge in [0.1, 0.15) is 0 Å². The van der Waals surface area contributed by atoms with Gasteiger partial charge in [0.2, 0.25) is 5.91 Å². The standard InChI is InChI=1S/C16H24N2O2/c1-4-18(12(2)11-20-3)16(19)15-10-17-9-13-7-5-6-8-14(13)15/h5-8,12,15,17H,4,9-11H2,1-3H3. The smallest absolute Gasteiger partial charge is 0.231 e. The highest BCUT2D eigenvalue weighted by molar-refractivity contribution is 5.85. The van der Waals surface area contributed by atoms with E-state index in [9.17, 15) is 4.79 Å². The first-order chi connectivity index (χ1) is 9.69. The van der Waals surface area contributed by atoms with Gasteiger partial charge in [-0.05, 0) is 25.0 Å². The molecule has 0 bridgehead atoms. The summed E-state index contributed by atoms with van der Waals surface area (Å²) >= 11 is 0. The number of carbonyl (C=O) groups excluding carboxylic acids is 1. The van der Waals surface area contributed by atoms with Crippen LogP contribution in [0.25, 0.3) is 0 Å². The molecule has 0 aromatic heterocycles. The molecular weight excluding hydrogens is 252 g/mol. The SMILES string of the molecule is CCN(C(=O)C1CNCc2ccccc21)C(C)COC. The molecule has 1 aliphatic rings. The topological polar surface area (TPSA) is 41.6 Å². The number of hydrogen-bond donors (Lipinski definition) is 1. The van der Waals surface area contributed by atoms with Gasteiger partial charge < -0.3 is 15.0 Å². The normalized spacial score (nSPS) is 19.2. The van der Waals surface area contributed by atoms with Crippen LogP contribution in [0, 0.1) is 0 Å². The lowest BCUT2D eigenvalue weighted by Crippen LogP contribution is -2.46. The second-order valence-electron chi connectivity index (χ2n) is 5.31. The van der Waals surface area contributed by atoms with Gasteiger partial charge in [-0.2, -0.15) is 0 Å². The first-order valence-electron chi connectivity index (χ1n) is 7.27. The van der Waals surface area contributed by atoms with Crippen molar-refractivity contribution < 1.29 is 9.53 Å². The fourth-order valence-corrected chi connectivity index (χ4v) is 2.93. The third-order valence-corrected chi connectivity index (χ3v) is 3.96. The van der Waals surface area contributed by atoms with Gasteiger partial charge in [-0.3, -0.25) is 4.79 Å². The summed E-state index contributed by atoms with van der Waals surface area (Å²) in [6.07, 6.45) is 0. The van der Waals surface area contributed by atoms with Gasteiger partial charge in [0.05, 0.1) is 18.6 Å². The van der Waals surface area contributed by atoms with Crippen LogP contribution in [0.2, 0.25) is 0 Å². The molecule has 1 amide bonds. The van der Waals surface area contributed by atoms with Crippen molar-refractivity contribution >= 4 is 5.91 Å². The van der Waals surface area contributed by atoms with Crippen molar-refractivity contribution in [3.8, 4) is 0 Å². The third kappa shape index (κ3) is 3.02. The van der Waals surface area contributed by atoms with Crippen LogP contribution in [0.4, 0.5) is 0 Å². The molecule has 2 unspecified atom stereocenters. The van der Waals surface area contributed by atoms with E-state index in [0.717, 1.165) is 6.54 Å². The van der Waals surface area contributed by atoms with Gasteiger partial charge in [0.25, 0.3) is 0 Å². The molecule has 1 aliphatic heterocycles. The van der Waals surface area contributed by atoms with Crippen molar-refractivity contribution in [1.29, 1.82) is 0 Å². The second kappa shape index (κ2) is 6.86. The number of methoxy groups -OCH3 is 1. The van der Waals surface area contributed by atoms with Crippen molar-refractivity contribution in [3.05, 3.63) is 35.4 Å². The number of fused-ring (bicyclic) bond motifs is 1. The maximum atomic E-state index is 12.8. The molecule has 1 heterocycles. The molecule has 0 saturated heterocycles. The molecule has 4 heteroatoms. The van der Waals surface area contributed by atoms with E-state index in [2.05, 4.69) is 17.4 Å². The van der Waals surface area contributed by atoms with Crippen molar-refractivity contribution in [2.24, 2.45) is 0 Å². The Kier molecular flexibility index (Phi) is 5.15. The fourth-order valence-electron chi connectivity index (χ4n) is 2.93. The lowest BCUT2D eigenvalue weighted by molar-refractivity contribution is -0.135. The molecular formula is C16H24N2O2. The average molecular weight is 276 g/mol. The number of hydrogen-bond acceptors (Lipinski definition) is 3. The van der Waals surface area contributed by atoms with Crippen molar-refractivity contribution in [1.82, 2.24) is 10.2 Å². The molecule has 20 heavy (non-hydrogen) atoms. The van der Waals surface area contributed by atoms with Crippen LogP contribution in [0.1, 0.15) is 30.9 Å². The molecule has 1 N–H and O–H groups in total. The zero-order chi connectivity index (χ0) is 14.5. The molecule has 0 fully saturated rings. The second-order valence-corrected chi connectivity index (χ2v) is 5.31. The van der Waals surface area contributed by atoms with E-state index in [1.165, 1.54) is 11.1 Å². The van der Waals surface area contributed by atoms with Crippen LogP contribution in [0.15, 0.2) is 24.3 Å². The Morgan fingerprint density at radius 2 is 2.25 bits per heavy atom. The monoisotopic (exact) mass is 276 g/mol. The van der Waals surface area contributed by atoms with E-state index in [1.807, 2.05) is 30.9 Å². The molecule has 110 valence electrons. The molecule has 0 radical (unpaired) electrons. The molecule has 4 nitrogen and oxygen atoms in total. The van der Waals surface area contributed by atoms with Crippen LogP contribution in [-0.2, 0) is 16.1 Å². The van der Waals surface area contributed by atoms with E-state index in [1.54, 1.807) is 7.11 Å². The van der Waals surface area contributed by atoms with Gasteiger partial charge in [-0.1, -0.05) is 24.3 Å². The fraction of sp³-hybridized carbons (Fsp3) is 0.562. The van der Waals surface area contributed by atoms with Crippen molar-refractivity contribution in [2.45, 2.75) is 32.4 Å². The predicted octanol–water partition coefficient (Wildman–Crippen LogP) is 1.76. The highest BCUT2D eigenvalue weighted by Gasteiger charge is 2.31. The molecule has 0 saturated carbocycles. The molecule has 1 aromatic rings. The number of likely N-dealkylation sites (N-methyl/N-ethyl adjacent to an activating group) is 1. The summed E-state index contributed by atoms with van der Waals surface area (Å²) in [5.74, 6) is 0.107. The Morgan fingerprint density at radius 1 is 1.50 bits per heavy atom. The van der Waals surface area contributed by atoms with Crippen LogP contribution < -0.4 is 5.32 Å². The molecule has 2 rings (SSSR count). The molecule has 1 aromatic carbocycles. The Hall–Kier alpha value is -1.39. The highest BCUT2D eigenvalue weighted by Crippen LogP contribution is 2.26. The zero-order valence-corrected chi connectivity index (χ0v) is 12.6. The van der Waals surface area contributed by atoms with Crippen LogP contribution in [0.3, 0.4) is 0 Å². The predicted molar refractivity (Wildman–Crippen MR) is 79.6 cm³/mol. The Labute approximate surface area is 121 Å². The summed E-state index contributed by atoms with van der Waals surface area (Å²) in [4.78, 5) is 14.8. The number of nitrogens with zero attached hydrogens (tertiary/aromatic N) is 1. The Balaban J connectivity index is 2.20.